The number of aromatic nitrogens is 2. The fraction of sp³-hybridized carbons (Fsp3) is 0.464. The Morgan fingerprint density at radius 1 is 0.972 bits per heavy atom. The minimum absolute atomic E-state index is 0.0307. The highest BCUT2D eigenvalue weighted by Crippen LogP contribution is 2.29. The molecular formula is C28H36N4O4. The molecule has 192 valence electrons. The van der Waals surface area contributed by atoms with Gasteiger partial charge in [0.2, 0.25) is 5.91 Å². The number of amides is 1. The van der Waals surface area contributed by atoms with Crippen LogP contribution < -0.4 is 20.3 Å². The van der Waals surface area contributed by atoms with E-state index in [2.05, 4.69) is 39.5 Å². The number of methoxy groups -OCH3 is 2. The number of carbonyl (C=O) groups is 1. The van der Waals surface area contributed by atoms with Gasteiger partial charge >= 0.3 is 0 Å². The number of aryl methyl sites for hydroxylation is 1. The van der Waals surface area contributed by atoms with Crippen molar-refractivity contribution in [2.24, 2.45) is 0 Å². The average molecular weight is 493 g/mol. The Kier molecular flexibility index (Phi) is 8.95. The van der Waals surface area contributed by atoms with Crippen LogP contribution in [0.25, 0.3) is 10.9 Å². The van der Waals surface area contributed by atoms with E-state index in [1.165, 1.54) is 62.3 Å². The molecule has 0 aliphatic carbocycles. The van der Waals surface area contributed by atoms with E-state index in [0.29, 0.717) is 48.3 Å². The lowest BCUT2D eigenvalue weighted by Crippen LogP contribution is -2.25. The Morgan fingerprint density at radius 3 is 2.33 bits per heavy atom. The fourth-order valence-corrected chi connectivity index (χ4v) is 4.66. The molecule has 8 nitrogen and oxygen atoms in total. The first-order valence-corrected chi connectivity index (χ1v) is 12.8. The Hall–Kier alpha value is -3.39. The normalized spacial score (nSPS) is 14.4. The van der Waals surface area contributed by atoms with Crippen molar-refractivity contribution in [3.63, 3.8) is 0 Å². The molecule has 1 amide bonds. The van der Waals surface area contributed by atoms with Crippen molar-refractivity contribution in [2.45, 2.75) is 58.2 Å². The predicted molar refractivity (Wildman–Crippen MR) is 140 cm³/mol. The van der Waals surface area contributed by atoms with Gasteiger partial charge in [-0.2, -0.15) is 0 Å². The van der Waals surface area contributed by atoms with Gasteiger partial charge in [-0.1, -0.05) is 37.1 Å². The molecule has 0 spiro atoms. The second-order valence-corrected chi connectivity index (χ2v) is 9.35. The molecule has 1 fully saturated rings. The van der Waals surface area contributed by atoms with Crippen LogP contribution in [0.5, 0.6) is 11.5 Å². The lowest BCUT2D eigenvalue weighted by molar-refractivity contribution is -0.121. The van der Waals surface area contributed by atoms with Crippen molar-refractivity contribution in [3.8, 4) is 11.5 Å². The number of nitrogens with one attached hydrogen (secondary N) is 1. The molecule has 0 unspecified atom stereocenters. The van der Waals surface area contributed by atoms with E-state index < -0.39 is 0 Å². The van der Waals surface area contributed by atoms with E-state index in [1.54, 1.807) is 19.2 Å². The molecule has 1 aromatic heterocycles. The molecule has 1 N–H and O–H groups in total. The quantitative estimate of drug-likeness (QED) is 0.462. The number of ether oxygens (including phenoxy) is 2. The zero-order valence-corrected chi connectivity index (χ0v) is 21.3. The SMILES string of the molecule is COc1cc2ncn(CCCC(=O)NCc3ccc(CN4CCCCCC4)cc3)c(=O)c2cc1OC. The smallest absolute Gasteiger partial charge is 0.261 e. The molecule has 4 rings (SSSR count). The van der Waals surface area contributed by atoms with Crippen molar-refractivity contribution in [1.82, 2.24) is 19.8 Å². The highest BCUT2D eigenvalue weighted by molar-refractivity contribution is 5.81. The van der Waals surface area contributed by atoms with E-state index in [-0.39, 0.29) is 11.5 Å². The first-order valence-electron chi connectivity index (χ1n) is 12.8. The minimum Gasteiger partial charge on any atom is -0.493 e. The molecule has 2 aromatic carbocycles. The third-order valence-corrected chi connectivity index (χ3v) is 6.75. The third kappa shape index (κ3) is 6.63. The highest BCUT2D eigenvalue weighted by Gasteiger charge is 2.12. The second kappa shape index (κ2) is 12.5. The lowest BCUT2D eigenvalue weighted by atomic mass is 10.1. The van der Waals surface area contributed by atoms with Gasteiger partial charge < -0.3 is 14.8 Å². The van der Waals surface area contributed by atoms with Crippen LogP contribution in [0.1, 0.15) is 49.7 Å². The number of benzene rings is 2. The van der Waals surface area contributed by atoms with Gasteiger partial charge in [0.05, 0.1) is 31.4 Å². The molecule has 0 atom stereocenters. The van der Waals surface area contributed by atoms with Crippen LogP contribution in [0.15, 0.2) is 47.5 Å². The van der Waals surface area contributed by atoms with Crippen molar-refractivity contribution < 1.29 is 14.3 Å². The van der Waals surface area contributed by atoms with E-state index in [9.17, 15) is 9.59 Å². The summed E-state index contributed by atoms with van der Waals surface area (Å²) in [6.45, 7) is 4.27. The molecule has 2 heterocycles. The van der Waals surface area contributed by atoms with E-state index in [1.807, 2.05) is 0 Å². The summed E-state index contributed by atoms with van der Waals surface area (Å²) in [6, 6.07) is 11.8. The molecule has 1 aliphatic rings. The molecule has 36 heavy (non-hydrogen) atoms. The van der Waals surface area contributed by atoms with E-state index in [4.69, 9.17) is 9.47 Å². The molecular weight excluding hydrogens is 456 g/mol. The molecule has 0 saturated carbocycles. The van der Waals surface area contributed by atoms with Crippen LogP contribution >= 0.6 is 0 Å². The molecule has 1 saturated heterocycles. The number of fused-ring (bicyclic) bond motifs is 1. The Balaban J connectivity index is 1.24. The number of rotatable bonds is 10. The van der Waals surface area contributed by atoms with Gasteiger partial charge in [-0.15, -0.1) is 0 Å². The molecule has 8 heteroatoms. The van der Waals surface area contributed by atoms with Crippen LogP contribution in [0.3, 0.4) is 0 Å². The summed E-state index contributed by atoms with van der Waals surface area (Å²) >= 11 is 0. The zero-order valence-electron chi connectivity index (χ0n) is 21.3. The van der Waals surface area contributed by atoms with Crippen LogP contribution in [0.4, 0.5) is 0 Å². The van der Waals surface area contributed by atoms with Crippen LogP contribution in [0.2, 0.25) is 0 Å². The van der Waals surface area contributed by atoms with Gasteiger partial charge in [0, 0.05) is 32.1 Å². The molecule has 3 aromatic rings. The third-order valence-electron chi connectivity index (χ3n) is 6.75. The Labute approximate surface area is 212 Å². The second-order valence-electron chi connectivity index (χ2n) is 9.35. The van der Waals surface area contributed by atoms with Gasteiger partial charge in [0.1, 0.15) is 0 Å². The minimum atomic E-state index is -0.165. The maximum atomic E-state index is 12.9. The summed E-state index contributed by atoms with van der Waals surface area (Å²) in [6.07, 6.45) is 7.66. The van der Waals surface area contributed by atoms with Gasteiger partial charge in [0.25, 0.3) is 5.56 Å². The van der Waals surface area contributed by atoms with Crippen LogP contribution in [-0.4, -0.2) is 47.7 Å². The molecule has 1 aliphatic heterocycles. The average Bonchev–Trinajstić information content (AvgIpc) is 3.17. The van der Waals surface area contributed by atoms with Crippen molar-refractivity contribution >= 4 is 16.8 Å². The summed E-state index contributed by atoms with van der Waals surface area (Å²) in [7, 11) is 3.07. The topological polar surface area (TPSA) is 85.7 Å². The maximum Gasteiger partial charge on any atom is 0.261 e. The van der Waals surface area contributed by atoms with Crippen LogP contribution in [-0.2, 0) is 24.4 Å². The van der Waals surface area contributed by atoms with Gasteiger partial charge in [0.15, 0.2) is 11.5 Å². The van der Waals surface area contributed by atoms with Crippen molar-refractivity contribution in [3.05, 3.63) is 64.2 Å². The summed E-state index contributed by atoms with van der Waals surface area (Å²) < 4.78 is 12.1. The van der Waals surface area contributed by atoms with Crippen molar-refractivity contribution in [1.29, 1.82) is 0 Å². The lowest BCUT2D eigenvalue weighted by Gasteiger charge is -2.19. The van der Waals surface area contributed by atoms with Gasteiger partial charge in [-0.3, -0.25) is 19.1 Å². The largest absolute Gasteiger partial charge is 0.493 e. The Morgan fingerprint density at radius 2 is 1.64 bits per heavy atom. The standard InChI is InChI=1S/C28H36N4O4/c1-35-25-16-23-24(17-26(25)36-2)30-20-32(28(23)34)15-7-8-27(33)29-18-21-9-11-22(12-10-21)19-31-13-5-3-4-6-14-31/h9-12,16-17,20H,3-8,13-15,18-19H2,1-2H3,(H,29,33). The van der Waals surface area contributed by atoms with Crippen LogP contribution in [0, 0.1) is 0 Å². The van der Waals surface area contributed by atoms with Crippen molar-refractivity contribution in [2.75, 3.05) is 27.3 Å². The number of hydrogen-bond acceptors (Lipinski definition) is 6. The van der Waals surface area contributed by atoms with E-state index in [0.717, 1.165) is 12.1 Å². The first kappa shape index (κ1) is 25.7. The fourth-order valence-electron chi connectivity index (χ4n) is 4.66. The summed E-state index contributed by atoms with van der Waals surface area (Å²) in [5.41, 5.74) is 2.78. The Bertz CT molecular complexity index is 1210. The van der Waals surface area contributed by atoms with Gasteiger partial charge in [-0.05, 0) is 49.5 Å². The molecule has 0 bridgehead atoms. The summed E-state index contributed by atoms with van der Waals surface area (Å²) in [5.74, 6) is 0.978. The number of nitrogens with zero attached hydrogens (tertiary/aromatic N) is 3. The number of likely N-dealkylation sites (tertiary alicyclic amines) is 1. The maximum absolute atomic E-state index is 12.9. The number of carbonyl (C=O) groups excluding carboxylic acids is 1. The monoisotopic (exact) mass is 492 g/mol. The predicted octanol–water partition coefficient (Wildman–Crippen LogP) is 3.89. The van der Waals surface area contributed by atoms with Gasteiger partial charge in [-0.25, -0.2) is 4.98 Å². The number of hydrogen-bond donors (Lipinski definition) is 1. The summed E-state index contributed by atoms with van der Waals surface area (Å²) in [4.78, 5) is 32.2. The first-order chi connectivity index (χ1) is 17.6. The highest BCUT2D eigenvalue weighted by atomic mass is 16.5. The molecule has 0 radical (unpaired) electrons. The van der Waals surface area contributed by atoms with E-state index >= 15 is 0 Å². The summed E-state index contributed by atoms with van der Waals surface area (Å²) in [5, 5.41) is 3.44. The zero-order chi connectivity index (χ0) is 25.3.